The standard InChI is InChI=1S/C15H17N3O3S/c1-11-2-4-12(5-3-11)8-17(10-14(16)19)9-13-6-7-15(22-13)18(20)21/h2-7H,8-10H2,1H3,(H2,16,19). The molecule has 1 amide bonds. The summed E-state index contributed by atoms with van der Waals surface area (Å²) < 4.78 is 0. The lowest BCUT2D eigenvalue weighted by molar-refractivity contribution is -0.380. The van der Waals surface area contributed by atoms with Gasteiger partial charge in [-0.15, -0.1) is 0 Å². The first-order chi connectivity index (χ1) is 10.4. The normalized spacial score (nSPS) is 10.8. The van der Waals surface area contributed by atoms with Gasteiger partial charge in [0.25, 0.3) is 0 Å². The first-order valence-corrected chi connectivity index (χ1v) is 7.55. The van der Waals surface area contributed by atoms with Gasteiger partial charge in [-0.3, -0.25) is 19.8 Å². The van der Waals surface area contributed by atoms with Crippen LogP contribution in [0.1, 0.15) is 16.0 Å². The van der Waals surface area contributed by atoms with Crippen molar-refractivity contribution in [1.29, 1.82) is 0 Å². The molecule has 22 heavy (non-hydrogen) atoms. The van der Waals surface area contributed by atoms with E-state index in [1.165, 1.54) is 11.6 Å². The number of rotatable bonds is 7. The molecular formula is C15H17N3O3S. The molecule has 0 aliphatic rings. The minimum Gasteiger partial charge on any atom is -0.369 e. The van der Waals surface area contributed by atoms with Crippen LogP contribution in [0.4, 0.5) is 5.00 Å². The van der Waals surface area contributed by atoms with E-state index < -0.39 is 10.8 Å². The first kappa shape index (κ1) is 16.1. The molecule has 0 radical (unpaired) electrons. The van der Waals surface area contributed by atoms with Gasteiger partial charge in [-0.25, -0.2) is 0 Å². The van der Waals surface area contributed by atoms with Crippen LogP contribution in [0, 0.1) is 17.0 Å². The Morgan fingerprint density at radius 2 is 1.91 bits per heavy atom. The predicted molar refractivity (Wildman–Crippen MR) is 85.5 cm³/mol. The molecular weight excluding hydrogens is 302 g/mol. The van der Waals surface area contributed by atoms with Crippen LogP contribution in [0.25, 0.3) is 0 Å². The fourth-order valence-corrected chi connectivity index (χ4v) is 2.97. The van der Waals surface area contributed by atoms with Crippen LogP contribution in [0.5, 0.6) is 0 Å². The number of aryl methyl sites for hydroxylation is 1. The molecule has 6 nitrogen and oxygen atoms in total. The Kier molecular flexibility index (Phi) is 5.24. The minimum absolute atomic E-state index is 0.101. The van der Waals surface area contributed by atoms with Crippen molar-refractivity contribution in [1.82, 2.24) is 4.90 Å². The zero-order valence-electron chi connectivity index (χ0n) is 12.2. The van der Waals surface area contributed by atoms with Crippen molar-refractivity contribution in [2.24, 2.45) is 5.73 Å². The van der Waals surface area contributed by atoms with Crippen molar-refractivity contribution in [2.45, 2.75) is 20.0 Å². The van der Waals surface area contributed by atoms with Crippen molar-refractivity contribution in [3.63, 3.8) is 0 Å². The van der Waals surface area contributed by atoms with Gasteiger partial charge < -0.3 is 5.73 Å². The molecule has 0 aliphatic heterocycles. The quantitative estimate of drug-likeness (QED) is 0.627. The van der Waals surface area contributed by atoms with E-state index in [0.717, 1.165) is 21.8 Å². The lowest BCUT2D eigenvalue weighted by Gasteiger charge is -2.20. The number of hydrogen-bond acceptors (Lipinski definition) is 5. The summed E-state index contributed by atoms with van der Waals surface area (Å²) in [5.74, 6) is -0.418. The molecule has 0 saturated heterocycles. The van der Waals surface area contributed by atoms with Crippen LogP contribution in [-0.4, -0.2) is 22.3 Å². The van der Waals surface area contributed by atoms with E-state index in [4.69, 9.17) is 5.73 Å². The van der Waals surface area contributed by atoms with Gasteiger partial charge >= 0.3 is 5.00 Å². The number of nitro groups is 1. The Hall–Kier alpha value is -2.25. The highest BCUT2D eigenvalue weighted by Gasteiger charge is 2.14. The summed E-state index contributed by atoms with van der Waals surface area (Å²) in [4.78, 5) is 24.3. The molecule has 1 heterocycles. The van der Waals surface area contributed by atoms with Gasteiger partial charge in [0.05, 0.1) is 11.5 Å². The molecule has 1 aromatic heterocycles. The van der Waals surface area contributed by atoms with Gasteiger partial charge in [-0.05, 0) is 18.6 Å². The number of carbonyl (C=O) groups is 1. The molecule has 7 heteroatoms. The molecule has 1 aromatic carbocycles. The molecule has 0 saturated carbocycles. The maximum atomic E-state index is 11.2. The largest absolute Gasteiger partial charge is 0.369 e. The maximum absolute atomic E-state index is 11.2. The van der Waals surface area contributed by atoms with Gasteiger partial charge in [0.1, 0.15) is 0 Å². The molecule has 0 spiro atoms. The molecule has 116 valence electrons. The monoisotopic (exact) mass is 319 g/mol. The van der Waals surface area contributed by atoms with Crippen molar-refractivity contribution in [3.05, 3.63) is 62.5 Å². The van der Waals surface area contributed by atoms with Crippen LogP contribution in [0.15, 0.2) is 36.4 Å². The number of benzene rings is 1. The van der Waals surface area contributed by atoms with E-state index in [-0.39, 0.29) is 11.5 Å². The highest BCUT2D eigenvalue weighted by molar-refractivity contribution is 7.15. The zero-order valence-corrected chi connectivity index (χ0v) is 13.0. The second-order valence-electron chi connectivity index (χ2n) is 5.09. The third kappa shape index (κ3) is 4.64. The number of nitrogens with zero attached hydrogens (tertiary/aromatic N) is 2. The van der Waals surface area contributed by atoms with Crippen LogP contribution in [-0.2, 0) is 17.9 Å². The van der Waals surface area contributed by atoms with Gasteiger partial charge in [0.15, 0.2) is 0 Å². The fraction of sp³-hybridized carbons (Fsp3) is 0.267. The zero-order chi connectivity index (χ0) is 16.1. The van der Waals surface area contributed by atoms with E-state index >= 15 is 0 Å². The summed E-state index contributed by atoms with van der Waals surface area (Å²) in [6, 6.07) is 11.2. The molecule has 0 fully saturated rings. The third-order valence-corrected chi connectivity index (χ3v) is 4.13. The summed E-state index contributed by atoms with van der Waals surface area (Å²) in [5, 5.41) is 10.8. The second kappa shape index (κ2) is 7.15. The highest BCUT2D eigenvalue weighted by atomic mass is 32.1. The Bertz CT molecular complexity index is 667. The molecule has 2 aromatic rings. The number of carbonyl (C=O) groups excluding carboxylic acids is 1. The topological polar surface area (TPSA) is 89.5 Å². The molecule has 0 atom stereocenters. The van der Waals surface area contributed by atoms with Crippen molar-refractivity contribution >= 4 is 22.2 Å². The van der Waals surface area contributed by atoms with E-state index in [9.17, 15) is 14.9 Å². The summed E-state index contributed by atoms with van der Waals surface area (Å²) in [5.41, 5.74) is 7.53. The first-order valence-electron chi connectivity index (χ1n) is 6.73. The summed E-state index contributed by atoms with van der Waals surface area (Å²) in [7, 11) is 0. The Balaban J connectivity index is 2.09. The Morgan fingerprint density at radius 3 is 2.45 bits per heavy atom. The molecule has 0 aliphatic carbocycles. The molecule has 2 rings (SSSR count). The summed E-state index contributed by atoms with van der Waals surface area (Å²) in [6.07, 6.45) is 0. The average Bonchev–Trinajstić information content (AvgIpc) is 2.89. The van der Waals surface area contributed by atoms with Crippen LogP contribution < -0.4 is 5.73 Å². The SMILES string of the molecule is Cc1ccc(CN(CC(N)=O)Cc2ccc([N+](=O)[O-])s2)cc1. The fourth-order valence-electron chi connectivity index (χ4n) is 2.11. The Labute approximate surface area is 132 Å². The number of amides is 1. The van der Waals surface area contributed by atoms with Crippen LogP contribution in [0.3, 0.4) is 0 Å². The lowest BCUT2D eigenvalue weighted by atomic mass is 10.1. The number of primary amides is 1. The summed E-state index contributed by atoms with van der Waals surface area (Å²) in [6.45, 7) is 3.14. The molecule has 2 N–H and O–H groups in total. The number of thiophene rings is 1. The smallest absolute Gasteiger partial charge is 0.324 e. The molecule has 0 unspecified atom stereocenters. The van der Waals surface area contributed by atoms with Gasteiger partial charge in [-0.1, -0.05) is 41.2 Å². The van der Waals surface area contributed by atoms with Crippen LogP contribution >= 0.6 is 11.3 Å². The second-order valence-corrected chi connectivity index (χ2v) is 6.24. The number of hydrogen-bond donors (Lipinski definition) is 1. The molecule has 0 bridgehead atoms. The van der Waals surface area contributed by atoms with Gasteiger partial charge in [-0.2, -0.15) is 0 Å². The lowest BCUT2D eigenvalue weighted by Crippen LogP contribution is -2.32. The summed E-state index contributed by atoms with van der Waals surface area (Å²) >= 11 is 1.12. The van der Waals surface area contributed by atoms with E-state index in [1.807, 2.05) is 36.1 Å². The van der Waals surface area contributed by atoms with E-state index in [1.54, 1.807) is 6.07 Å². The minimum atomic E-state index is -0.418. The van der Waals surface area contributed by atoms with Crippen molar-refractivity contribution in [2.75, 3.05) is 6.54 Å². The maximum Gasteiger partial charge on any atom is 0.324 e. The van der Waals surface area contributed by atoms with Crippen molar-refractivity contribution in [3.8, 4) is 0 Å². The van der Waals surface area contributed by atoms with E-state index in [0.29, 0.717) is 13.1 Å². The van der Waals surface area contributed by atoms with Gasteiger partial charge in [0.2, 0.25) is 5.91 Å². The van der Waals surface area contributed by atoms with E-state index in [2.05, 4.69) is 0 Å². The Morgan fingerprint density at radius 1 is 1.23 bits per heavy atom. The van der Waals surface area contributed by atoms with Gasteiger partial charge in [0, 0.05) is 24.0 Å². The highest BCUT2D eigenvalue weighted by Crippen LogP contribution is 2.25. The average molecular weight is 319 g/mol. The third-order valence-electron chi connectivity index (χ3n) is 3.11. The number of nitrogens with two attached hydrogens (primary N) is 1. The van der Waals surface area contributed by atoms with Crippen LogP contribution in [0.2, 0.25) is 0 Å². The van der Waals surface area contributed by atoms with Crippen molar-refractivity contribution < 1.29 is 9.72 Å². The predicted octanol–water partition coefficient (Wildman–Crippen LogP) is 2.45.